The first-order valence-corrected chi connectivity index (χ1v) is 13.4. The van der Waals surface area contributed by atoms with Crippen LogP contribution in [0.3, 0.4) is 0 Å². The van der Waals surface area contributed by atoms with Crippen molar-refractivity contribution in [3.8, 4) is 0 Å². The van der Waals surface area contributed by atoms with Crippen molar-refractivity contribution in [1.29, 1.82) is 0 Å². The van der Waals surface area contributed by atoms with E-state index in [9.17, 15) is 9.59 Å². The molecule has 0 aromatic heterocycles. The zero-order valence-corrected chi connectivity index (χ0v) is 22.9. The summed E-state index contributed by atoms with van der Waals surface area (Å²) < 4.78 is 0. The van der Waals surface area contributed by atoms with Gasteiger partial charge in [0.05, 0.1) is 6.42 Å². The zero-order valence-electron chi connectivity index (χ0n) is 21.4. The molecule has 2 aliphatic heterocycles. The van der Waals surface area contributed by atoms with Crippen molar-refractivity contribution in [2.24, 2.45) is 0 Å². The van der Waals surface area contributed by atoms with Gasteiger partial charge in [0.25, 0.3) is 5.91 Å². The molecule has 2 aliphatic rings. The normalized spacial score (nSPS) is 16.1. The number of carbonyl (C=O) groups is 2. The monoisotopic (exact) mass is 548 g/mol. The molecule has 2 fully saturated rings. The van der Waals surface area contributed by atoms with Crippen LogP contribution in [0, 0.1) is 0 Å². The predicted molar refractivity (Wildman–Crippen MR) is 150 cm³/mol. The molecule has 0 unspecified atom stereocenters. The predicted octanol–water partition coefficient (Wildman–Crippen LogP) is 2.51. The van der Waals surface area contributed by atoms with E-state index in [1.165, 1.54) is 10.6 Å². The summed E-state index contributed by atoms with van der Waals surface area (Å²) in [5.74, 6) is -0.248. The van der Waals surface area contributed by atoms with Crippen molar-refractivity contribution in [3.63, 3.8) is 0 Å². The summed E-state index contributed by atoms with van der Waals surface area (Å²) in [5.41, 5.74) is 4.55. The van der Waals surface area contributed by atoms with Crippen LogP contribution in [0.4, 0.5) is 5.69 Å². The molecule has 0 N–H and O–H groups in total. The molecule has 7 heteroatoms. The molecule has 0 bridgehead atoms. The van der Waals surface area contributed by atoms with Crippen molar-refractivity contribution in [1.82, 2.24) is 9.80 Å². The number of amides is 2. The number of nitrogens with zero attached hydrogens (tertiary/aromatic N) is 3. The lowest BCUT2D eigenvalue weighted by molar-refractivity contribution is -0.137. The van der Waals surface area contributed by atoms with E-state index in [4.69, 9.17) is 11.6 Å². The second-order valence-electron chi connectivity index (χ2n) is 9.63. The third-order valence-corrected chi connectivity index (χ3v) is 7.45. The quantitative estimate of drug-likeness (QED) is 0.246. The number of halogens is 2. The van der Waals surface area contributed by atoms with Gasteiger partial charge in [0.1, 0.15) is 0 Å². The fraction of sp³-hybridized carbons (Fsp3) is 0.290. The van der Waals surface area contributed by atoms with E-state index in [0.717, 1.165) is 67.3 Å². The van der Waals surface area contributed by atoms with Crippen LogP contribution >= 0.6 is 11.6 Å². The average Bonchev–Trinajstić information content (AvgIpc) is 3.21. The number of piperazine rings is 1. The van der Waals surface area contributed by atoms with Crippen LogP contribution in [0.2, 0.25) is 5.02 Å². The van der Waals surface area contributed by atoms with Crippen molar-refractivity contribution in [3.05, 3.63) is 107 Å². The number of unbranched alkanes of at least 4 members (excludes halogenated alkanes) is 1. The maximum absolute atomic E-state index is 13.4. The van der Waals surface area contributed by atoms with Gasteiger partial charge in [-0.1, -0.05) is 78.3 Å². The number of rotatable bonds is 8. The molecule has 5 rings (SSSR count). The Morgan fingerprint density at radius 3 is 1.95 bits per heavy atom. The molecule has 198 valence electrons. The van der Waals surface area contributed by atoms with Crippen LogP contribution in [0.5, 0.6) is 0 Å². The van der Waals surface area contributed by atoms with E-state index >= 15 is 0 Å². The highest BCUT2D eigenvalue weighted by Gasteiger charge is 2.36. The standard InChI is InChI=1S/C31H32ClN3O2.ClH/c32-26-14-9-15-27(22-26)34-20-18-33(19-21-34)16-7-8-17-35-29(36)23-28(31(35)37)30(24-10-3-1-4-11-24)25-12-5-2-6-13-25;/h1-6,9-15,22H,7-8,16-21,23H2;1H/p-1. The van der Waals surface area contributed by atoms with Gasteiger partial charge >= 0.3 is 0 Å². The fourth-order valence-corrected chi connectivity index (χ4v) is 5.44. The highest BCUT2D eigenvalue weighted by molar-refractivity contribution is 6.30. The average molecular weight is 550 g/mol. The number of imide groups is 1. The minimum Gasteiger partial charge on any atom is -1.00 e. The molecule has 5 nitrogen and oxygen atoms in total. The Morgan fingerprint density at radius 1 is 0.737 bits per heavy atom. The molecule has 0 aliphatic carbocycles. The number of hydrogen-bond acceptors (Lipinski definition) is 4. The summed E-state index contributed by atoms with van der Waals surface area (Å²) >= 11 is 6.15. The molecule has 0 radical (unpaired) electrons. The van der Waals surface area contributed by atoms with Gasteiger partial charge in [-0.3, -0.25) is 19.4 Å². The second-order valence-corrected chi connectivity index (χ2v) is 10.1. The van der Waals surface area contributed by atoms with Crippen molar-refractivity contribution >= 4 is 34.7 Å². The highest BCUT2D eigenvalue weighted by Crippen LogP contribution is 2.33. The van der Waals surface area contributed by atoms with Gasteiger partial charge < -0.3 is 17.3 Å². The van der Waals surface area contributed by atoms with E-state index in [1.807, 2.05) is 78.9 Å². The Hall–Kier alpha value is -3.12. The van der Waals surface area contributed by atoms with Gasteiger partial charge in [-0.25, -0.2) is 0 Å². The van der Waals surface area contributed by atoms with Gasteiger partial charge in [0, 0.05) is 49.0 Å². The van der Waals surface area contributed by atoms with Crippen LogP contribution in [0.25, 0.3) is 5.57 Å². The van der Waals surface area contributed by atoms with Crippen LogP contribution < -0.4 is 17.3 Å². The summed E-state index contributed by atoms with van der Waals surface area (Å²) in [4.78, 5) is 32.6. The van der Waals surface area contributed by atoms with Crippen molar-refractivity contribution in [2.75, 3.05) is 44.2 Å². The van der Waals surface area contributed by atoms with Gasteiger partial charge in [0.2, 0.25) is 5.91 Å². The van der Waals surface area contributed by atoms with E-state index in [1.54, 1.807) is 0 Å². The van der Waals surface area contributed by atoms with Gasteiger partial charge in [-0.15, -0.1) is 0 Å². The number of hydrogen-bond donors (Lipinski definition) is 0. The third-order valence-electron chi connectivity index (χ3n) is 7.21. The van der Waals surface area contributed by atoms with Crippen LogP contribution in [0.15, 0.2) is 90.5 Å². The van der Waals surface area contributed by atoms with Crippen LogP contribution in [-0.4, -0.2) is 60.9 Å². The first kappa shape index (κ1) is 27.9. The molecule has 2 heterocycles. The fourth-order valence-electron chi connectivity index (χ4n) is 5.25. The second kappa shape index (κ2) is 13.1. The van der Waals surface area contributed by atoms with E-state index in [-0.39, 0.29) is 30.6 Å². The first-order valence-electron chi connectivity index (χ1n) is 13.0. The number of anilines is 1. The smallest absolute Gasteiger partial charge is 0.257 e. The molecule has 38 heavy (non-hydrogen) atoms. The van der Waals surface area contributed by atoms with Crippen LogP contribution in [-0.2, 0) is 9.59 Å². The summed E-state index contributed by atoms with van der Waals surface area (Å²) in [6.07, 6.45) is 1.92. The molecule has 0 saturated carbocycles. The van der Waals surface area contributed by atoms with Gasteiger partial charge in [-0.05, 0) is 54.3 Å². The maximum Gasteiger partial charge on any atom is 0.257 e. The molecular formula is C31H32Cl2N3O2-. The zero-order chi connectivity index (χ0) is 25.6. The summed E-state index contributed by atoms with van der Waals surface area (Å²) in [6.45, 7) is 5.39. The van der Waals surface area contributed by atoms with E-state index < -0.39 is 0 Å². The lowest BCUT2D eigenvalue weighted by atomic mass is 9.92. The lowest BCUT2D eigenvalue weighted by Gasteiger charge is -2.36. The van der Waals surface area contributed by atoms with Gasteiger partial charge in [0.15, 0.2) is 0 Å². The van der Waals surface area contributed by atoms with Crippen LogP contribution in [0.1, 0.15) is 30.4 Å². The van der Waals surface area contributed by atoms with E-state index in [0.29, 0.717) is 12.1 Å². The Morgan fingerprint density at radius 2 is 1.34 bits per heavy atom. The number of likely N-dealkylation sites (tertiary alicyclic amines) is 1. The molecule has 0 atom stereocenters. The topological polar surface area (TPSA) is 43.9 Å². The molecule has 2 saturated heterocycles. The molecule has 3 aromatic carbocycles. The molecule has 2 amide bonds. The summed E-state index contributed by atoms with van der Waals surface area (Å²) in [6, 6.07) is 27.8. The molecular weight excluding hydrogens is 517 g/mol. The van der Waals surface area contributed by atoms with E-state index in [2.05, 4.69) is 15.9 Å². The lowest BCUT2D eigenvalue weighted by Crippen LogP contribution is -3.00. The Bertz CT molecular complexity index is 1230. The largest absolute Gasteiger partial charge is 1.00 e. The maximum atomic E-state index is 13.4. The number of benzene rings is 3. The molecule has 0 spiro atoms. The third kappa shape index (κ3) is 6.47. The highest BCUT2D eigenvalue weighted by atomic mass is 35.5. The van der Waals surface area contributed by atoms with Crippen molar-refractivity contribution < 1.29 is 22.0 Å². The minimum absolute atomic E-state index is 0. The van der Waals surface area contributed by atoms with Crippen molar-refractivity contribution in [2.45, 2.75) is 19.3 Å². The first-order chi connectivity index (χ1) is 18.1. The SMILES string of the molecule is O=C1CC(=C(c2ccccc2)c2ccccc2)C(=O)N1CCCCN1CCN(c2cccc(Cl)c2)CC1.[Cl-]. The Balaban J connectivity index is 0.00000336. The minimum atomic E-state index is -0.150. The Kier molecular flexibility index (Phi) is 9.62. The molecule has 3 aromatic rings. The summed E-state index contributed by atoms with van der Waals surface area (Å²) in [7, 11) is 0. The Labute approximate surface area is 236 Å². The number of carbonyl (C=O) groups excluding carboxylic acids is 2. The van der Waals surface area contributed by atoms with Gasteiger partial charge in [-0.2, -0.15) is 0 Å². The summed E-state index contributed by atoms with van der Waals surface area (Å²) in [5, 5.41) is 0.767.